The van der Waals surface area contributed by atoms with Crippen molar-refractivity contribution in [3.8, 4) is 11.8 Å². The first kappa shape index (κ1) is 19.7. The van der Waals surface area contributed by atoms with Gasteiger partial charge in [0.1, 0.15) is 12.2 Å². The van der Waals surface area contributed by atoms with Crippen molar-refractivity contribution in [2.75, 3.05) is 0 Å². The Kier molecular flexibility index (Phi) is 6.85. The lowest BCUT2D eigenvalue weighted by Crippen LogP contribution is -2.30. The predicted octanol–water partition coefficient (Wildman–Crippen LogP) is 0.877. The third kappa shape index (κ3) is 9.59. The first-order chi connectivity index (χ1) is 9.83. The zero-order valence-corrected chi connectivity index (χ0v) is 13.7. The molecule has 0 spiro atoms. The van der Waals surface area contributed by atoms with E-state index >= 15 is 0 Å². The molecule has 0 radical (unpaired) electrons. The number of carbonyl (C=O) groups is 3. The fourth-order valence-corrected chi connectivity index (χ4v) is 1.32. The normalized spacial score (nSPS) is 12.0. The second kappa shape index (κ2) is 7.64. The van der Waals surface area contributed by atoms with Gasteiger partial charge in [-0.15, -0.1) is 5.76 Å². The SMILES string of the molecule is CC(=O)CC(=O)OC(C)(C)C#CC(C)(C)OC(=O)/C=C(/C)[O-]. The lowest BCUT2D eigenvalue weighted by atomic mass is 10.1. The average Bonchev–Trinajstić information content (AvgIpc) is 2.22. The second-order valence-corrected chi connectivity index (χ2v) is 5.80. The van der Waals surface area contributed by atoms with Gasteiger partial charge < -0.3 is 14.6 Å². The van der Waals surface area contributed by atoms with Gasteiger partial charge in [0.05, 0.1) is 0 Å². The lowest BCUT2D eigenvalue weighted by Gasteiger charge is -2.22. The van der Waals surface area contributed by atoms with Gasteiger partial charge >= 0.3 is 11.9 Å². The van der Waals surface area contributed by atoms with Crippen molar-refractivity contribution in [1.82, 2.24) is 0 Å². The van der Waals surface area contributed by atoms with Crippen LogP contribution in [0.1, 0.15) is 48.0 Å². The molecule has 6 heteroatoms. The van der Waals surface area contributed by atoms with Crippen LogP contribution in [0.4, 0.5) is 0 Å². The number of ether oxygens (including phenoxy) is 2. The van der Waals surface area contributed by atoms with Crippen molar-refractivity contribution in [2.24, 2.45) is 0 Å². The number of carbonyl (C=O) groups excluding carboxylic acids is 3. The van der Waals surface area contributed by atoms with E-state index in [1.807, 2.05) is 0 Å². The van der Waals surface area contributed by atoms with Crippen LogP contribution in [0.15, 0.2) is 11.8 Å². The number of Topliss-reactive ketones (excluding diaryl/α,β-unsaturated/α-hetero) is 1. The standard InChI is InChI=1S/C16H22O6/c1-11(17)9-13(19)21-15(3,4)7-8-16(5,6)22-14(20)10-12(2)18/h9,17H,10H2,1-6H3/p-1/b11-9-. The minimum atomic E-state index is -1.16. The van der Waals surface area contributed by atoms with Crippen LogP contribution in [0.2, 0.25) is 0 Å². The van der Waals surface area contributed by atoms with Crippen molar-refractivity contribution in [1.29, 1.82) is 0 Å². The molecule has 0 aromatic carbocycles. The van der Waals surface area contributed by atoms with E-state index in [4.69, 9.17) is 9.47 Å². The quantitative estimate of drug-likeness (QED) is 0.246. The van der Waals surface area contributed by atoms with Crippen molar-refractivity contribution >= 4 is 17.7 Å². The maximum atomic E-state index is 11.5. The van der Waals surface area contributed by atoms with Gasteiger partial charge in [-0.05, 0) is 34.6 Å². The molecule has 0 unspecified atom stereocenters. The molecule has 0 aliphatic rings. The van der Waals surface area contributed by atoms with E-state index in [9.17, 15) is 19.5 Å². The summed E-state index contributed by atoms with van der Waals surface area (Å²) in [6.45, 7) is 8.71. The topological polar surface area (TPSA) is 92.7 Å². The monoisotopic (exact) mass is 309 g/mol. The zero-order valence-electron chi connectivity index (χ0n) is 13.7. The Bertz CT molecular complexity index is 539. The molecular weight excluding hydrogens is 288 g/mol. The van der Waals surface area contributed by atoms with E-state index in [0.717, 1.165) is 6.08 Å². The minimum Gasteiger partial charge on any atom is -0.875 e. The Hall–Kier alpha value is -2.29. The van der Waals surface area contributed by atoms with Crippen molar-refractivity contribution < 1.29 is 29.0 Å². The summed E-state index contributed by atoms with van der Waals surface area (Å²) in [5.41, 5.74) is -2.30. The van der Waals surface area contributed by atoms with Gasteiger partial charge in [-0.1, -0.05) is 18.8 Å². The van der Waals surface area contributed by atoms with Gasteiger partial charge in [0, 0.05) is 6.08 Å². The van der Waals surface area contributed by atoms with E-state index in [1.54, 1.807) is 27.7 Å². The summed E-state index contributed by atoms with van der Waals surface area (Å²) in [5.74, 6) is 3.16. The highest BCUT2D eigenvalue weighted by atomic mass is 16.6. The maximum Gasteiger partial charge on any atom is 0.331 e. The molecule has 0 atom stereocenters. The van der Waals surface area contributed by atoms with Gasteiger partial charge in [-0.25, -0.2) is 4.79 Å². The summed E-state index contributed by atoms with van der Waals surface area (Å²) in [6, 6.07) is 0. The molecule has 0 heterocycles. The van der Waals surface area contributed by atoms with E-state index in [2.05, 4.69) is 11.8 Å². The molecule has 0 N–H and O–H groups in total. The maximum absolute atomic E-state index is 11.5. The largest absolute Gasteiger partial charge is 0.875 e. The zero-order chi connectivity index (χ0) is 17.6. The number of allylic oxidation sites excluding steroid dienone is 1. The molecule has 0 saturated heterocycles. The van der Waals surface area contributed by atoms with Crippen LogP contribution in [0, 0.1) is 11.8 Å². The molecule has 0 bridgehead atoms. The number of esters is 2. The van der Waals surface area contributed by atoms with Gasteiger partial charge in [0.15, 0.2) is 11.2 Å². The summed E-state index contributed by atoms with van der Waals surface area (Å²) in [5, 5.41) is 10.8. The third-order valence-electron chi connectivity index (χ3n) is 2.10. The summed E-state index contributed by atoms with van der Waals surface area (Å²) in [7, 11) is 0. The Morgan fingerprint density at radius 2 is 1.45 bits per heavy atom. The number of hydrogen-bond acceptors (Lipinski definition) is 6. The summed E-state index contributed by atoms with van der Waals surface area (Å²) < 4.78 is 10.1. The predicted molar refractivity (Wildman–Crippen MR) is 77.2 cm³/mol. The minimum absolute atomic E-state index is 0.303. The molecule has 0 amide bonds. The molecule has 22 heavy (non-hydrogen) atoms. The average molecular weight is 309 g/mol. The summed E-state index contributed by atoms with van der Waals surface area (Å²) >= 11 is 0. The van der Waals surface area contributed by atoms with Crippen LogP contribution >= 0.6 is 0 Å². The smallest absolute Gasteiger partial charge is 0.331 e. The number of hydrogen-bond donors (Lipinski definition) is 0. The first-order valence-corrected chi connectivity index (χ1v) is 6.67. The van der Waals surface area contributed by atoms with E-state index in [-0.39, 0.29) is 12.2 Å². The van der Waals surface area contributed by atoms with Gasteiger partial charge in [0.25, 0.3) is 0 Å². The fraction of sp³-hybridized carbons (Fsp3) is 0.562. The Morgan fingerprint density at radius 1 is 1.00 bits per heavy atom. The highest BCUT2D eigenvalue weighted by Gasteiger charge is 2.24. The van der Waals surface area contributed by atoms with Gasteiger partial charge in [0.2, 0.25) is 0 Å². The molecule has 0 aliphatic carbocycles. The van der Waals surface area contributed by atoms with Gasteiger partial charge in [-0.2, -0.15) is 0 Å². The molecule has 0 saturated carbocycles. The Balaban J connectivity index is 4.87. The first-order valence-electron chi connectivity index (χ1n) is 6.67. The molecule has 0 aliphatic heterocycles. The molecule has 0 fully saturated rings. The summed E-state index contributed by atoms with van der Waals surface area (Å²) in [6.07, 6.45) is 0.499. The highest BCUT2D eigenvalue weighted by Crippen LogP contribution is 2.13. The highest BCUT2D eigenvalue weighted by molar-refractivity contribution is 5.94. The van der Waals surface area contributed by atoms with Crippen molar-refractivity contribution in [2.45, 2.75) is 59.2 Å². The molecular formula is C16H21O6-. The molecule has 0 aromatic rings. The van der Waals surface area contributed by atoms with Crippen LogP contribution in [-0.2, 0) is 23.9 Å². The molecule has 6 nitrogen and oxygen atoms in total. The number of ketones is 1. The summed E-state index contributed by atoms with van der Waals surface area (Å²) in [4.78, 5) is 33.7. The second-order valence-electron chi connectivity index (χ2n) is 5.80. The molecule has 122 valence electrons. The van der Waals surface area contributed by atoms with Crippen LogP contribution in [0.5, 0.6) is 0 Å². The Morgan fingerprint density at radius 3 is 1.86 bits per heavy atom. The molecule has 0 rings (SSSR count). The van der Waals surface area contributed by atoms with Gasteiger partial charge in [-0.3, -0.25) is 9.59 Å². The fourth-order valence-electron chi connectivity index (χ4n) is 1.32. The Labute approximate surface area is 130 Å². The van der Waals surface area contributed by atoms with E-state index in [0.29, 0.717) is 0 Å². The van der Waals surface area contributed by atoms with Crippen LogP contribution < -0.4 is 5.11 Å². The van der Waals surface area contributed by atoms with E-state index < -0.39 is 28.9 Å². The van der Waals surface area contributed by atoms with Crippen molar-refractivity contribution in [3.05, 3.63) is 11.8 Å². The molecule has 0 aromatic heterocycles. The van der Waals surface area contributed by atoms with Crippen LogP contribution in [-0.4, -0.2) is 28.9 Å². The number of rotatable bonds is 5. The van der Waals surface area contributed by atoms with E-state index in [1.165, 1.54) is 13.8 Å². The lowest BCUT2D eigenvalue weighted by molar-refractivity contribution is -0.302. The van der Waals surface area contributed by atoms with Crippen LogP contribution in [0.25, 0.3) is 0 Å². The third-order valence-corrected chi connectivity index (χ3v) is 2.10. The van der Waals surface area contributed by atoms with Crippen molar-refractivity contribution in [3.63, 3.8) is 0 Å². The van der Waals surface area contributed by atoms with Crippen LogP contribution in [0.3, 0.4) is 0 Å².